The number of piperidine rings is 1. The monoisotopic (exact) mass is 426 g/mol. The summed E-state index contributed by atoms with van der Waals surface area (Å²) in [5, 5.41) is 1.28. The maximum Gasteiger partial charge on any atom is 0.229 e. The maximum atomic E-state index is 13.2. The number of fused-ring (bicyclic) bond motifs is 3. The van der Waals surface area contributed by atoms with Gasteiger partial charge in [-0.2, -0.15) is 4.37 Å². The Balaban J connectivity index is 1.12. The lowest BCUT2D eigenvalue weighted by molar-refractivity contribution is -0.155. The molecule has 3 heterocycles. The quantitative estimate of drug-likeness (QED) is 0.722. The van der Waals surface area contributed by atoms with E-state index in [1.54, 1.807) is 11.5 Å². The average molecular weight is 427 g/mol. The maximum absolute atomic E-state index is 13.2. The van der Waals surface area contributed by atoms with Crippen molar-refractivity contribution in [1.82, 2.24) is 14.2 Å². The fraction of sp³-hybridized carbons (Fsp3) is 0.667. The first-order valence-corrected chi connectivity index (χ1v) is 12.3. The number of benzene rings is 1. The molecule has 2 saturated heterocycles. The van der Waals surface area contributed by atoms with Crippen LogP contribution in [0.1, 0.15) is 40.0 Å². The summed E-state index contributed by atoms with van der Waals surface area (Å²) in [4.78, 5) is 20.4. The molecule has 3 aliphatic rings. The van der Waals surface area contributed by atoms with Gasteiger partial charge in [0.2, 0.25) is 5.91 Å². The molecule has 162 valence electrons. The van der Waals surface area contributed by atoms with Gasteiger partial charge in [-0.15, -0.1) is 0 Å². The number of nitrogens with zero attached hydrogens (tertiary/aromatic N) is 4. The van der Waals surface area contributed by atoms with E-state index in [1.807, 2.05) is 0 Å². The second-order valence-corrected chi connectivity index (χ2v) is 11.0. The molecule has 0 N–H and O–H groups in total. The number of carbonyl (C=O) groups is 1. The number of hydrogen-bond donors (Lipinski definition) is 0. The molecule has 1 aromatic carbocycles. The van der Waals surface area contributed by atoms with Gasteiger partial charge in [-0.05, 0) is 60.8 Å². The predicted octanol–water partition coefficient (Wildman–Crippen LogP) is 4.09. The summed E-state index contributed by atoms with van der Waals surface area (Å²) in [5.74, 6) is 2.22. The summed E-state index contributed by atoms with van der Waals surface area (Å²) >= 11 is 1.60. The number of likely N-dealkylation sites (tertiary alicyclic amines) is 1. The fourth-order valence-electron chi connectivity index (χ4n) is 5.96. The SMILES string of the molecule is CC1(C)C2CC[C@@]1(C)C(=O)N(CCCN1CCN(c3nsc4ccccc34)CC1)C2. The minimum absolute atomic E-state index is 0.150. The summed E-state index contributed by atoms with van der Waals surface area (Å²) in [6.07, 6.45) is 3.35. The lowest BCUT2D eigenvalue weighted by Crippen LogP contribution is -2.56. The van der Waals surface area contributed by atoms with Gasteiger partial charge in [0.25, 0.3) is 0 Å². The Morgan fingerprint density at radius 3 is 2.67 bits per heavy atom. The highest BCUT2D eigenvalue weighted by Gasteiger charge is 2.60. The van der Waals surface area contributed by atoms with Gasteiger partial charge in [0.05, 0.1) is 10.1 Å². The molecule has 1 amide bonds. The molecular formula is C24H34N4OS. The van der Waals surface area contributed by atoms with Gasteiger partial charge in [0, 0.05) is 44.7 Å². The number of aromatic nitrogens is 1. The molecule has 2 bridgehead atoms. The van der Waals surface area contributed by atoms with E-state index in [1.165, 1.54) is 16.5 Å². The molecule has 6 heteroatoms. The second-order valence-electron chi connectivity index (χ2n) is 10.2. The number of rotatable bonds is 5. The first kappa shape index (κ1) is 20.3. The number of hydrogen-bond acceptors (Lipinski definition) is 5. The highest BCUT2D eigenvalue weighted by molar-refractivity contribution is 7.13. The normalized spacial score (nSPS) is 29.2. The number of carbonyl (C=O) groups excluding carboxylic acids is 1. The first-order valence-electron chi connectivity index (χ1n) is 11.5. The molecule has 5 nitrogen and oxygen atoms in total. The van der Waals surface area contributed by atoms with E-state index in [2.05, 4.69) is 59.7 Å². The minimum Gasteiger partial charge on any atom is -0.353 e. The smallest absolute Gasteiger partial charge is 0.229 e. The zero-order chi connectivity index (χ0) is 20.9. The van der Waals surface area contributed by atoms with Gasteiger partial charge < -0.3 is 9.80 Å². The molecule has 1 unspecified atom stereocenters. The van der Waals surface area contributed by atoms with Gasteiger partial charge in [0.1, 0.15) is 5.82 Å². The molecule has 0 spiro atoms. The standard InChI is InChI=1S/C24H34N4OS/c1-23(2)18-9-10-24(23,3)22(29)28(17-18)12-6-11-26-13-15-27(16-14-26)21-19-7-4-5-8-20(19)30-25-21/h4-5,7-8,18H,6,9-17H2,1-3H3/t18?,24-/m0/s1. The van der Waals surface area contributed by atoms with Crippen molar-refractivity contribution >= 4 is 33.3 Å². The third-order valence-electron chi connectivity index (χ3n) is 8.57. The Hall–Kier alpha value is -1.66. The van der Waals surface area contributed by atoms with E-state index < -0.39 is 0 Å². The second kappa shape index (κ2) is 7.49. The summed E-state index contributed by atoms with van der Waals surface area (Å²) in [7, 11) is 0. The van der Waals surface area contributed by atoms with Crippen LogP contribution in [0.15, 0.2) is 24.3 Å². The van der Waals surface area contributed by atoms with E-state index >= 15 is 0 Å². The Labute approximate surface area is 184 Å². The van der Waals surface area contributed by atoms with Gasteiger partial charge in [-0.25, -0.2) is 0 Å². The van der Waals surface area contributed by atoms with Crippen LogP contribution in [0.3, 0.4) is 0 Å². The summed E-state index contributed by atoms with van der Waals surface area (Å²) in [6.45, 7) is 14.0. The van der Waals surface area contributed by atoms with Crippen LogP contribution in [0.25, 0.3) is 10.1 Å². The lowest BCUT2D eigenvalue weighted by Gasteiger charge is -2.49. The summed E-state index contributed by atoms with van der Waals surface area (Å²) in [5.41, 5.74) is -0.00533. The van der Waals surface area contributed by atoms with Crippen molar-refractivity contribution in [2.75, 3.05) is 50.7 Å². The van der Waals surface area contributed by atoms with Crippen LogP contribution in [0.4, 0.5) is 5.82 Å². The Morgan fingerprint density at radius 1 is 1.10 bits per heavy atom. The van der Waals surface area contributed by atoms with Crippen LogP contribution in [0.2, 0.25) is 0 Å². The molecule has 0 radical (unpaired) electrons. The first-order chi connectivity index (χ1) is 14.4. The zero-order valence-electron chi connectivity index (χ0n) is 18.6. The molecule has 5 rings (SSSR count). The molecule has 30 heavy (non-hydrogen) atoms. The highest BCUT2D eigenvalue weighted by atomic mass is 32.1. The molecule has 1 aromatic heterocycles. The van der Waals surface area contributed by atoms with E-state index in [-0.39, 0.29) is 10.8 Å². The van der Waals surface area contributed by atoms with Gasteiger partial charge in [-0.1, -0.05) is 32.9 Å². The number of amides is 1. The zero-order valence-corrected chi connectivity index (χ0v) is 19.4. The van der Waals surface area contributed by atoms with Crippen LogP contribution >= 0.6 is 11.5 Å². The predicted molar refractivity (Wildman–Crippen MR) is 124 cm³/mol. The Bertz CT molecular complexity index is 932. The molecule has 1 aliphatic carbocycles. The third kappa shape index (κ3) is 3.14. The lowest BCUT2D eigenvalue weighted by atomic mass is 9.62. The number of piperazine rings is 1. The molecule has 1 saturated carbocycles. The molecule has 2 aromatic rings. The average Bonchev–Trinajstić information content (AvgIpc) is 3.23. The molecule has 3 fully saturated rings. The van der Waals surface area contributed by atoms with Gasteiger partial charge >= 0.3 is 0 Å². The van der Waals surface area contributed by atoms with E-state index in [0.29, 0.717) is 11.8 Å². The van der Waals surface area contributed by atoms with Crippen LogP contribution in [0.5, 0.6) is 0 Å². The summed E-state index contributed by atoms with van der Waals surface area (Å²) in [6, 6.07) is 8.53. The Morgan fingerprint density at radius 2 is 1.87 bits per heavy atom. The van der Waals surface area contributed by atoms with Crippen molar-refractivity contribution in [3.05, 3.63) is 24.3 Å². The van der Waals surface area contributed by atoms with Crippen molar-refractivity contribution < 1.29 is 4.79 Å². The van der Waals surface area contributed by atoms with Crippen LogP contribution < -0.4 is 4.90 Å². The third-order valence-corrected chi connectivity index (χ3v) is 9.39. The topological polar surface area (TPSA) is 39.7 Å². The van der Waals surface area contributed by atoms with Crippen LogP contribution in [-0.2, 0) is 4.79 Å². The van der Waals surface area contributed by atoms with E-state index in [4.69, 9.17) is 4.37 Å². The highest BCUT2D eigenvalue weighted by Crippen LogP contribution is 2.59. The molecule has 2 aliphatic heterocycles. The van der Waals surface area contributed by atoms with Crippen molar-refractivity contribution in [2.24, 2.45) is 16.7 Å². The van der Waals surface area contributed by atoms with E-state index in [9.17, 15) is 4.79 Å². The van der Waals surface area contributed by atoms with Crippen molar-refractivity contribution in [1.29, 1.82) is 0 Å². The van der Waals surface area contributed by atoms with Gasteiger partial charge in [-0.3, -0.25) is 9.69 Å². The van der Waals surface area contributed by atoms with E-state index in [0.717, 1.165) is 64.5 Å². The van der Waals surface area contributed by atoms with Crippen LogP contribution in [0, 0.1) is 16.7 Å². The molecular weight excluding hydrogens is 392 g/mol. The Kier molecular flexibility index (Phi) is 5.05. The van der Waals surface area contributed by atoms with Crippen molar-refractivity contribution in [3.63, 3.8) is 0 Å². The van der Waals surface area contributed by atoms with Crippen molar-refractivity contribution in [2.45, 2.75) is 40.0 Å². The minimum atomic E-state index is -0.155. The molecule has 2 atom stereocenters. The fourth-order valence-corrected chi connectivity index (χ4v) is 6.75. The number of anilines is 1. The van der Waals surface area contributed by atoms with Crippen LogP contribution in [-0.4, -0.2) is 65.9 Å². The van der Waals surface area contributed by atoms with Gasteiger partial charge in [0.15, 0.2) is 0 Å². The largest absolute Gasteiger partial charge is 0.353 e. The summed E-state index contributed by atoms with van der Waals surface area (Å²) < 4.78 is 5.99. The van der Waals surface area contributed by atoms with Crippen molar-refractivity contribution in [3.8, 4) is 0 Å².